The Hall–Kier alpha value is -2.20. The second kappa shape index (κ2) is 7.56. The van der Waals surface area contributed by atoms with Crippen LogP contribution in [-0.4, -0.2) is 29.9 Å². The quantitative estimate of drug-likeness (QED) is 0.364. The summed E-state index contributed by atoms with van der Waals surface area (Å²) < 4.78 is 28.0. The maximum absolute atomic E-state index is 12.4. The Labute approximate surface area is 179 Å². The smallest absolute Gasteiger partial charge is 0.266 e. The van der Waals surface area contributed by atoms with Crippen molar-refractivity contribution in [2.45, 2.75) is 16.6 Å². The van der Waals surface area contributed by atoms with E-state index in [9.17, 15) is 18.3 Å². The number of phenols is 1. The molecule has 0 saturated carbocycles. The number of nitrogens with one attached hydrogen (secondary N) is 2. The molecule has 0 aliphatic heterocycles. The molecule has 0 aliphatic rings. The number of fused-ring (bicyclic) bond motifs is 3. The summed E-state index contributed by atoms with van der Waals surface area (Å²) in [6, 6.07) is 11.4. The molecule has 0 spiro atoms. The molecule has 2 aromatic carbocycles. The van der Waals surface area contributed by atoms with Crippen molar-refractivity contribution in [3.8, 4) is 16.9 Å². The zero-order valence-corrected chi connectivity index (χ0v) is 18.5. The van der Waals surface area contributed by atoms with Gasteiger partial charge in [-0.15, -0.1) is 11.3 Å². The van der Waals surface area contributed by atoms with Gasteiger partial charge in [0.25, 0.3) is 5.56 Å². The number of benzene rings is 2. The average Bonchev–Trinajstić information content (AvgIpc) is 3.18. The van der Waals surface area contributed by atoms with Gasteiger partial charge in [0.05, 0.1) is 4.90 Å². The van der Waals surface area contributed by atoms with Gasteiger partial charge in [0.1, 0.15) is 10.4 Å². The highest BCUT2D eigenvalue weighted by Gasteiger charge is 2.18. The Morgan fingerprint density at radius 1 is 1.17 bits per heavy atom. The third-order valence-corrected chi connectivity index (χ3v) is 7.26. The van der Waals surface area contributed by atoms with Gasteiger partial charge in [0.2, 0.25) is 10.0 Å². The Morgan fingerprint density at radius 3 is 2.59 bits per heavy atom. The minimum atomic E-state index is -3.63. The molecule has 6 nitrogen and oxygen atoms in total. The second-order valence-corrected chi connectivity index (χ2v) is 10.9. The van der Waals surface area contributed by atoms with Crippen LogP contribution in [0.1, 0.15) is 6.92 Å². The number of aromatic hydroxyl groups is 1. The zero-order chi connectivity index (χ0) is 20.8. The van der Waals surface area contributed by atoms with Crippen LogP contribution in [0.4, 0.5) is 0 Å². The van der Waals surface area contributed by atoms with E-state index in [-0.39, 0.29) is 27.6 Å². The Balaban J connectivity index is 1.86. The van der Waals surface area contributed by atoms with E-state index >= 15 is 0 Å². The Bertz CT molecular complexity index is 1370. The van der Waals surface area contributed by atoms with Crippen LogP contribution >= 0.6 is 27.3 Å². The number of halogens is 1. The molecule has 0 aliphatic carbocycles. The molecule has 0 amide bonds. The van der Waals surface area contributed by atoms with Gasteiger partial charge >= 0.3 is 0 Å². The molecule has 0 radical (unpaired) electrons. The minimum absolute atomic E-state index is 0.0133. The molecule has 150 valence electrons. The number of hydrogen-bond acceptors (Lipinski definition) is 5. The van der Waals surface area contributed by atoms with Gasteiger partial charge in [0, 0.05) is 33.2 Å². The molecule has 29 heavy (non-hydrogen) atoms. The standard InChI is InChI=1S/C20H17BrN2O4S2/c1-11(21)10-22-29(26,27)13-4-2-12(3-5-13)17-16(24)7-6-15-18(17)14-8-9-28-19(14)20(25)23-15/h2-9,11,22,24H,10H2,1H3,(H,23,25). The predicted octanol–water partition coefficient (Wildman–Crippen LogP) is 4.18. The van der Waals surface area contributed by atoms with Crippen molar-refractivity contribution in [2.24, 2.45) is 0 Å². The summed E-state index contributed by atoms with van der Waals surface area (Å²) in [4.78, 5) is 15.3. The number of hydrogen-bond donors (Lipinski definition) is 3. The van der Waals surface area contributed by atoms with E-state index in [2.05, 4.69) is 25.6 Å². The maximum Gasteiger partial charge on any atom is 0.266 e. The lowest BCUT2D eigenvalue weighted by atomic mass is 9.97. The number of H-pyrrole nitrogens is 1. The second-order valence-electron chi connectivity index (χ2n) is 6.66. The first kappa shape index (κ1) is 20.1. The van der Waals surface area contributed by atoms with Gasteiger partial charge in [-0.1, -0.05) is 35.0 Å². The fourth-order valence-electron chi connectivity index (χ4n) is 3.24. The van der Waals surface area contributed by atoms with Crippen molar-refractivity contribution in [1.82, 2.24) is 9.71 Å². The van der Waals surface area contributed by atoms with Gasteiger partial charge in [0.15, 0.2) is 0 Å². The molecule has 3 N–H and O–H groups in total. The van der Waals surface area contributed by atoms with Crippen LogP contribution in [0.15, 0.2) is 57.5 Å². The highest BCUT2D eigenvalue weighted by atomic mass is 79.9. The van der Waals surface area contributed by atoms with Crippen molar-refractivity contribution in [1.29, 1.82) is 0 Å². The number of thiophene rings is 1. The number of sulfonamides is 1. The number of rotatable bonds is 5. The van der Waals surface area contributed by atoms with E-state index < -0.39 is 10.0 Å². The van der Waals surface area contributed by atoms with Crippen LogP contribution in [0.2, 0.25) is 0 Å². The van der Waals surface area contributed by atoms with E-state index in [1.807, 2.05) is 18.4 Å². The normalized spacial score (nSPS) is 13.2. The average molecular weight is 493 g/mol. The Morgan fingerprint density at radius 2 is 1.90 bits per heavy atom. The van der Waals surface area contributed by atoms with Crippen molar-refractivity contribution in [3.63, 3.8) is 0 Å². The molecule has 0 fully saturated rings. The first-order chi connectivity index (χ1) is 13.8. The van der Waals surface area contributed by atoms with Gasteiger partial charge in [-0.25, -0.2) is 13.1 Å². The topological polar surface area (TPSA) is 99.3 Å². The molecule has 4 rings (SSSR count). The van der Waals surface area contributed by atoms with Crippen molar-refractivity contribution >= 4 is 58.3 Å². The van der Waals surface area contributed by atoms with Gasteiger partial charge < -0.3 is 10.1 Å². The van der Waals surface area contributed by atoms with E-state index in [1.165, 1.54) is 29.5 Å². The molecule has 2 aromatic heterocycles. The first-order valence-electron chi connectivity index (χ1n) is 8.77. The van der Waals surface area contributed by atoms with E-state index in [0.29, 0.717) is 21.3 Å². The van der Waals surface area contributed by atoms with E-state index in [0.717, 1.165) is 10.8 Å². The molecule has 1 unspecified atom stereocenters. The fraction of sp³-hybridized carbons (Fsp3) is 0.150. The van der Waals surface area contributed by atoms with Gasteiger partial charge in [-0.3, -0.25) is 4.79 Å². The largest absolute Gasteiger partial charge is 0.507 e. The van der Waals surface area contributed by atoms with Crippen LogP contribution in [-0.2, 0) is 10.0 Å². The number of phenolic OH excluding ortho intramolecular Hbond substituents is 1. The Kier molecular flexibility index (Phi) is 5.24. The van der Waals surface area contributed by atoms with Crippen molar-refractivity contribution in [2.75, 3.05) is 6.54 Å². The van der Waals surface area contributed by atoms with Crippen LogP contribution in [0.25, 0.3) is 32.1 Å². The van der Waals surface area contributed by atoms with Gasteiger partial charge in [-0.2, -0.15) is 0 Å². The minimum Gasteiger partial charge on any atom is -0.507 e. The summed E-state index contributed by atoms with van der Waals surface area (Å²) in [7, 11) is -3.63. The molecule has 2 heterocycles. The molecule has 4 aromatic rings. The van der Waals surface area contributed by atoms with Crippen LogP contribution in [0.3, 0.4) is 0 Å². The lowest BCUT2D eigenvalue weighted by Crippen LogP contribution is -2.28. The highest BCUT2D eigenvalue weighted by molar-refractivity contribution is 9.09. The molecular weight excluding hydrogens is 476 g/mol. The summed E-state index contributed by atoms with van der Waals surface area (Å²) in [5.74, 6) is 0.0545. The third kappa shape index (κ3) is 3.71. The predicted molar refractivity (Wildman–Crippen MR) is 121 cm³/mol. The van der Waals surface area contributed by atoms with Gasteiger partial charge in [-0.05, 0) is 41.3 Å². The fourth-order valence-corrected chi connectivity index (χ4v) is 5.54. The summed E-state index contributed by atoms with van der Waals surface area (Å²) in [6.07, 6.45) is 0. The third-order valence-electron chi connectivity index (χ3n) is 4.58. The monoisotopic (exact) mass is 492 g/mol. The molecule has 1 atom stereocenters. The number of aromatic amines is 1. The molecule has 0 bridgehead atoms. The maximum atomic E-state index is 12.4. The summed E-state index contributed by atoms with van der Waals surface area (Å²) in [6.45, 7) is 2.13. The zero-order valence-electron chi connectivity index (χ0n) is 15.3. The lowest BCUT2D eigenvalue weighted by Gasteiger charge is -2.12. The van der Waals surface area contributed by atoms with Crippen LogP contribution < -0.4 is 10.3 Å². The SMILES string of the molecule is CC(Br)CNS(=O)(=O)c1ccc(-c2c(O)ccc3[nH]c(=O)c4sccc4c23)cc1. The number of pyridine rings is 1. The van der Waals surface area contributed by atoms with Crippen LogP contribution in [0, 0.1) is 0 Å². The highest BCUT2D eigenvalue weighted by Crippen LogP contribution is 2.39. The molecule has 9 heteroatoms. The molecular formula is C20H17BrN2O4S2. The first-order valence-corrected chi connectivity index (χ1v) is 12.0. The number of aromatic nitrogens is 1. The van der Waals surface area contributed by atoms with E-state index in [1.54, 1.807) is 18.2 Å². The lowest BCUT2D eigenvalue weighted by molar-refractivity contribution is 0.478. The van der Waals surface area contributed by atoms with Crippen LogP contribution in [0.5, 0.6) is 5.75 Å². The van der Waals surface area contributed by atoms with E-state index in [4.69, 9.17) is 0 Å². The summed E-state index contributed by atoms with van der Waals surface area (Å²) in [5.41, 5.74) is 1.64. The van der Waals surface area contributed by atoms with Crippen molar-refractivity contribution in [3.05, 3.63) is 58.2 Å². The molecule has 0 saturated heterocycles. The van der Waals surface area contributed by atoms with Crippen molar-refractivity contribution < 1.29 is 13.5 Å². The number of alkyl halides is 1. The summed E-state index contributed by atoms with van der Waals surface area (Å²) >= 11 is 4.65. The summed E-state index contributed by atoms with van der Waals surface area (Å²) in [5, 5.41) is 13.9.